The van der Waals surface area contributed by atoms with Crippen molar-refractivity contribution in [1.29, 1.82) is 0 Å². The maximum absolute atomic E-state index is 14.1. The number of ketones is 2. The Morgan fingerprint density at radius 3 is 2.18 bits per heavy atom. The number of aromatic nitrogens is 2. The van der Waals surface area contributed by atoms with Crippen molar-refractivity contribution in [2.75, 3.05) is 27.2 Å². The second-order valence-electron chi connectivity index (χ2n) is 10.9. The first-order chi connectivity index (χ1) is 21.6. The van der Waals surface area contributed by atoms with Crippen LogP contribution in [0.5, 0.6) is 11.6 Å². The van der Waals surface area contributed by atoms with Crippen molar-refractivity contribution in [2.45, 2.75) is 19.3 Å². The Kier molecular flexibility index (Phi) is 9.36. The number of nitrogens with zero attached hydrogens (tertiary/aromatic N) is 4. The van der Waals surface area contributed by atoms with E-state index in [1.54, 1.807) is 67.7 Å². The zero-order valence-corrected chi connectivity index (χ0v) is 24.7. The Labute approximate surface area is 258 Å². The highest BCUT2D eigenvalue weighted by atomic mass is 19.1. The van der Waals surface area contributed by atoms with Crippen molar-refractivity contribution >= 4 is 23.4 Å². The molecule has 0 saturated carbocycles. The average Bonchev–Trinajstić information content (AvgIpc) is 3.05. The molecule has 9 nitrogen and oxygen atoms in total. The van der Waals surface area contributed by atoms with Crippen LogP contribution in [-0.2, 0) is 6.42 Å². The molecule has 0 N–H and O–H groups in total. The molecule has 11 heteroatoms. The van der Waals surface area contributed by atoms with E-state index in [0.29, 0.717) is 47.2 Å². The third kappa shape index (κ3) is 7.43. The van der Waals surface area contributed by atoms with Crippen molar-refractivity contribution in [2.24, 2.45) is 5.92 Å². The van der Waals surface area contributed by atoms with Crippen LogP contribution in [0.25, 0.3) is 0 Å². The van der Waals surface area contributed by atoms with Crippen LogP contribution in [0.15, 0.2) is 79.1 Å². The van der Waals surface area contributed by atoms with E-state index in [4.69, 9.17) is 4.74 Å². The summed E-state index contributed by atoms with van der Waals surface area (Å²) in [5.41, 5.74) is 1.56. The minimum absolute atomic E-state index is 0.0692. The molecule has 3 heterocycles. The highest BCUT2D eigenvalue weighted by Crippen LogP contribution is 2.25. The van der Waals surface area contributed by atoms with Gasteiger partial charge < -0.3 is 14.5 Å². The number of Topliss-reactive ketones (excluding diaryl/α,β-unsaturated/α-hetero) is 2. The van der Waals surface area contributed by atoms with Crippen LogP contribution in [0.2, 0.25) is 0 Å². The molecule has 230 valence electrons. The first-order valence-electron chi connectivity index (χ1n) is 14.3. The van der Waals surface area contributed by atoms with E-state index in [1.807, 2.05) is 0 Å². The molecule has 1 aliphatic rings. The van der Waals surface area contributed by atoms with Crippen LogP contribution in [0.1, 0.15) is 60.0 Å². The largest absolute Gasteiger partial charge is 0.439 e. The minimum atomic E-state index is -0.891. The lowest BCUT2D eigenvalue weighted by Crippen LogP contribution is -2.40. The number of amides is 2. The van der Waals surface area contributed by atoms with E-state index in [-0.39, 0.29) is 48.4 Å². The predicted octanol–water partition coefficient (Wildman–Crippen LogP) is 5.41. The van der Waals surface area contributed by atoms with Crippen molar-refractivity contribution in [3.8, 4) is 11.6 Å². The van der Waals surface area contributed by atoms with Crippen LogP contribution in [-0.4, -0.2) is 70.3 Å². The number of carbonyl (C=O) groups excluding carboxylic acids is 4. The maximum Gasteiger partial charge on any atom is 0.272 e. The highest BCUT2D eigenvalue weighted by molar-refractivity contribution is 5.99. The molecule has 45 heavy (non-hydrogen) atoms. The molecule has 0 bridgehead atoms. The first kappa shape index (κ1) is 31.1. The van der Waals surface area contributed by atoms with E-state index in [2.05, 4.69) is 9.97 Å². The van der Waals surface area contributed by atoms with Crippen molar-refractivity contribution in [3.63, 3.8) is 0 Å². The fourth-order valence-electron chi connectivity index (χ4n) is 5.01. The van der Waals surface area contributed by atoms with Gasteiger partial charge in [-0.25, -0.2) is 13.8 Å². The average molecular weight is 613 g/mol. The SMILES string of the molecule is CN(C)C(=O)c1ccc(Oc2ccc(CC(=O)c3ccc(C(=O)N4CCC(C(=O)c5ccc(F)cc5F)CC4)nc3)cn2)cc1. The summed E-state index contributed by atoms with van der Waals surface area (Å²) in [6, 6.07) is 16.0. The fourth-order valence-corrected chi connectivity index (χ4v) is 5.01. The molecule has 0 aliphatic carbocycles. The summed E-state index contributed by atoms with van der Waals surface area (Å²) in [7, 11) is 3.36. The number of hydrogen-bond acceptors (Lipinski definition) is 7. The third-order valence-corrected chi connectivity index (χ3v) is 7.55. The second-order valence-corrected chi connectivity index (χ2v) is 10.9. The number of hydrogen-bond donors (Lipinski definition) is 0. The van der Waals surface area contributed by atoms with Crippen molar-refractivity contribution in [3.05, 3.63) is 119 Å². The standard InChI is InChI=1S/C34H30F2N4O5/c1-39(2)33(43)23-4-8-26(9-5-23)45-31-12-3-21(19-38-31)17-30(41)24-6-11-29(37-20-24)34(44)40-15-13-22(14-16-40)32(42)27-10-7-25(35)18-28(27)36/h3-12,18-20,22H,13-17H2,1-2H3. The summed E-state index contributed by atoms with van der Waals surface area (Å²) in [5.74, 6) is -2.31. The lowest BCUT2D eigenvalue weighted by atomic mass is 9.88. The van der Waals surface area contributed by atoms with Gasteiger partial charge in [0.25, 0.3) is 11.8 Å². The number of piperidine rings is 1. The number of likely N-dealkylation sites (tertiary alicyclic amines) is 1. The quantitative estimate of drug-likeness (QED) is 0.233. The lowest BCUT2D eigenvalue weighted by molar-refractivity contribution is 0.0644. The van der Waals surface area contributed by atoms with Crippen LogP contribution in [0, 0.1) is 17.6 Å². The summed E-state index contributed by atoms with van der Waals surface area (Å²) in [6.45, 7) is 0.573. The molecule has 1 saturated heterocycles. The van der Waals surface area contributed by atoms with Gasteiger partial charge in [-0.15, -0.1) is 0 Å². The Hall–Kier alpha value is -5.32. The van der Waals surface area contributed by atoms with Gasteiger partial charge in [-0.1, -0.05) is 6.07 Å². The molecule has 4 aromatic rings. The molecule has 0 unspecified atom stereocenters. The van der Waals surface area contributed by atoms with Gasteiger partial charge in [0.1, 0.15) is 23.1 Å². The van der Waals surface area contributed by atoms with Gasteiger partial charge >= 0.3 is 0 Å². The van der Waals surface area contributed by atoms with Crippen LogP contribution in [0.3, 0.4) is 0 Å². The molecule has 0 spiro atoms. The van der Waals surface area contributed by atoms with E-state index in [0.717, 1.165) is 12.1 Å². The summed E-state index contributed by atoms with van der Waals surface area (Å²) < 4.78 is 33.0. The third-order valence-electron chi connectivity index (χ3n) is 7.55. The molecule has 5 rings (SSSR count). The van der Waals surface area contributed by atoms with Crippen molar-refractivity contribution < 1.29 is 32.7 Å². The number of halogens is 2. The fraction of sp³-hybridized carbons (Fsp3) is 0.235. The second kappa shape index (κ2) is 13.5. The Balaban J connectivity index is 1.12. The number of rotatable bonds is 9. The first-order valence-corrected chi connectivity index (χ1v) is 14.3. The Bertz CT molecular complexity index is 1720. The van der Waals surface area contributed by atoms with E-state index in [9.17, 15) is 28.0 Å². The molecule has 2 aromatic carbocycles. The van der Waals surface area contributed by atoms with Crippen LogP contribution in [0.4, 0.5) is 8.78 Å². The normalized spacial score (nSPS) is 13.3. The smallest absolute Gasteiger partial charge is 0.272 e. The van der Waals surface area contributed by atoms with Gasteiger partial charge in [0.2, 0.25) is 5.88 Å². The minimum Gasteiger partial charge on any atom is -0.439 e. The zero-order valence-electron chi connectivity index (χ0n) is 24.7. The molecule has 1 aliphatic heterocycles. The molecule has 0 radical (unpaired) electrons. The molecule has 0 atom stereocenters. The summed E-state index contributed by atoms with van der Waals surface area (Å²) in [5, 5.41) is 0. The topological polar surface area (TPSA) is 110 Å². The zero-order chi connectivity index (χ0) is 32.1. The molecule has 2 amide bonds. The van der Waals surface area contributed by atoms with Gasteiger partial charge in [-0.05, 0) is 66.9 Å². The van der Waals surface area contributed by atoms with E-state index >= 15 is 0 Å². The van der Waals surface area contributed by atoms with Crippen LogP contribution < -0.4 is 4.74 Å². The van der Waals surface area contributed by atoms with Gasteiger partial charge in [0, 0.05) is 75.2 Å². The number of pyridine rings is 2. The molecular weight excluding hydrogens is 582 g/mol. The summed E-state index contributed by atoms with van der Waals surface area (Å²) >= 11 is 0. The predicted molar refractivity (Wildman–Crippen MR) is 160 cm³/mol. The van der Waals surface area contributed by atoms with Gasteiger partial charge in [-0.3, -0.25) is 24.2 Å². The van der Waals surface area contributed by atoms with E-state index in [1.165, 1.54) is 17.2 Å². The maximum atomic E-state index is 14.1. The number of ether oxygens (including phenoxy) is 1. The highest BCUT2D eigenvalue weighted by Gasteiger charge is 2.30. The Morgan fingerprint density at radius 2 is 1.58 bits per heavy atom. The van der Waals surface area contributed by atoms with Crippen LogP contribution >= 0.6 is 0 Å². The number of carbonyl (C=O) groups is 4. The lowest BCUT2D eigenvalue weighted by Gasteiger charge is -2.31. The summed E-state index contributed by atoms with van der Waals surface area (Å²) in [4.78, 5) is 62.1. The summed E-state index contributed by atoms with van der Waals surface area (Å²) in [6.07, 6.45) is 3.67. The number of benzene rings is 2. The van der Waals surface area contributed by atoms with Gasteiger partial charge in [0.15, 0.2) is 11.6 Å². The monoisotopic (exact) mass is 612 g/mol. The molecule has 2 aromatic heterocycles. The van der Waals surface area contributed by atoms with Crippen molar-refractivity contribution in [1.82, 2.24) is 19.8 Å². The van der Waals surface area contributed by atoms with E-state index < -0.39 is 23.3 Å². The van der Waals surface area contributed by atoms with Gasteiger partial charge in [-0.2, -0.15) is 0 Å². The molecule has 1 fully saturated rings. The van der Waals surface area contributed by atoms with Gasteiger partial charge in [0.05, 0.1) is 5.56 Å². The Morgan fingerprint density at radius 1 is 0.867 bits per heavy atom. The molecular formula is C34H30F2N4O5.